The molecule has 2 rings (SSSR count). The molecule has 1 aliphatic rings. The van der Waals surface area contributed by atoms with E-state index in [0.29, 0.717) is 0 Å². The number of nitrogens with zero attached hydrogens (tertiary/aromatic N) is 2. The van der Waals surface area contributed by atoms with E-state index in [9.17, 15) is 18.4 Å². The van der Waals surface area contributed by atoms with Crippen LogP contribution in [0, 0.1) is 0 Å². The Hall–Kier alpha value is -0.973. The summed E-state index contributed by atoms with van der Waals surface area (Å²) in [7, 11) is 0. The number of rotatable bonds is 2. The standard InChI is InChI=1S/C10H10F2N2O3S.Li.H/c1-5-2-10(11,12)4-14(5)8(15)6-3-18-7(13-6)9(16)17;;/h3,5H,2,4H2,1H3,(H,16,17);;/q;+1;-1/t5-;;/m0../s1. The maximum atomic E-state index is 13.1. The van der Waals surface area contributed by atoms with Crippen LogP contribution in [0.3, 0.4) is 0 Å². The number of carboxylic acid groups (broad SMARTS) is 1. The molecule has 0 spiro atoms. The van der Waals surface area contributed by atoms with Crippen molar-refractivity contribution in [3.05, 3.63) is 16.1 Å². The number of aromatic nitrogens is 1. The second-order valence-corrected chi connectivity index (χ2v) is 5.04. The monoisotopic (exact) mass is 284 g/mol. The van der Waals surface area contributed by atoms with Crippen LogP contribution in [0.2, 0.25) is 0 Å². The first-order valence-corrected chi connectivity index (χ1v) is 6.06. The van der Waals surface area contributed by atoms with Crippen molar-refractivity contribution in [2.75, 3.05) is 6.54 Å². The van der Waals surface area contributed by atoms with E-state index in [1.807, 2.05) is 0 Å². The van der Waals surface area contributed by atoms with Gasteiger partial charge >= 0.3 is 24.8 Å². The summed E-state index contributed by atoms with van der Waals surface area (Å²) in [5.41, 5.74) is -0.0954. The molecule has 19 heavy (non-hydrogen) atoms. The van der Waals surface area contributed by atoms with Crippen molar-refractivity contribution < 1.29 is 43.8 Å². The molecule has 1 aromatic heterocycles. The van der Waals surface area contributed by atoms with Gasteiger partial charge in [0.1, 0.15) is 5.69 Å². The average Bonchev–Trinajstić information content (AvgIpc) is 2.81. The number of alkyl halides is 2. The van der Waals surface area contributed by atoms with E-state index >= 15 is 0 Å². The van der Waals surface area contributed by atoms with E-state index in [0.717, 1.165) is 16.2 Å². The Bertz CT molecular complexity index is 514. The summed E-state index contributed by atoms with van der Waals surface area (Å²) in [5, 5.41) is 9.73. The van der Waals surface area contributed by atoms with Crippen molar-refractivity contribution in [3.63, 3.8) is 0 Å². The number of carbonyl (C=O) groups excluding carboxylic acids is 1. The Kier molecular flexibility index (Phi) is 4.71. The van der Waals surface area contributed by atoms with Gasteiger partial charge in [-0.05, 0) is 6.92 Å². The summed E-state index contributed by atoms with van der Waals surface area (Å²) in [5.74, 6) is -4.77. The fraction of sp³-hybridized carbons (Fsp3) is 0.500. The van der Waals surface area contributed by atoms with Gasteiger partial charge in [0.15, 0.2) is 0 Å². The molecule has 9 heteroatoms. The van der Waals surface area contributed by atoms with Gasteiger partial charge in [-0.2, -0.15) is 0 Å². The molecule has 100 valence electrons. The summed E-state index contributed by atoms with van der Waals surface area (Å²) in [6.07, 6.45) is -0.380. The molecule has 1 N–H and O–H groups in total. The Morgan fingerprint density at radius 2 is 2.26 bits per heavy atom. The van der Waals surface area contributed by atoms with Crippen LogP contribution >= 0.6 is 11.3 Å². The van der Waals surface area contributed by atoms with Crippen LogP contribution in [0.5, 0.6) is 0 Å². The van der Waals surface area contributed by atoms with E-state index in [4.69, 9.17) is 5.11 Å². The third-order valence-corrected chi connectivity index (χ3v) is 3.53. The van der Waals surface area contributed by atoms with E-state index in [1.165, 1.54) is 12.3 Å². The molecule has 2 heterocycles. The van der Waals surface area contributed by atoms with Gasteiger partial charge in [0.25, 0.3) is 11.8 Å². The zero-order valence-electron chi connectivity index (χ0n) is 11.4. The molecule has 0 saturated carbocycles. The van der Waals surface area contributed by atoms with Crippen LogP contribution in [-0.2, 0) is 0 Å². The molecule has 1 saturated heterocycles. The Morgan fingerprint density at radius 3 is 2.68 bits per heavy atom. The molecule has 0 bridgehead atoms. The van der Waals surface area contributed by atoms with Gasteiger partial charge in [0, 0.05) is 17.8 Å². The van der Waals surface area contributed by atoms with E-state index in [2.05, 4.69) is 4.98 Å². The number of aromatic carboxylic acids is 1. The van der Waals surface area contributed by atoms with Crippen LogP contribution in [0.4, 0.5) is 8.78 Å². The number of hydrogen-bond donors (Lipinski definition) is 1. The first kappa shape index (κ1) is 16.1. The molecule has 0 aromatic carbocycles. The van der Waals surface area contributed by atoms with Crippen molar-refractivity contribution in [2.24, 2.45) is 0 Å². The number of likely N-dealkylation sites (tertiary alicyclic amines) is 1. The maximum Gasteiger partial charge on any atom is 1.00 e. The second kappa shape index (κ2) is 5.57. The molecule has 0 aliphatic carbocycles. The number of carboxylic acids is 1. The molecule has 1 aliphatic heterocycles. The van der Waals surface area contributed by atoms with Crippen molar-refractivity contribution >= 4 is 23.2 Å². The van der Waals surface area contributed by atoms with Gasteiger partial charge in [-0.25, -0.2) is 18.6 Å². The molecule has 5 nitrogen and oxygen atoms in total. The Balaban J connectivity index is 0.00000180. The van der Waals surface area contributed by atoms with Crippen molar-refractivity contribution in [1.82, 2.24) is 9.88 Å². The van der Waals surface area contributed by atoms with Crippen molar-refractivity contribution in [3.8, 4) is 0 Å². The predicted molar refractivity (Wildman–Crippen MR) is 60.2 cm³/mol. The quantitative estimate of drug-likeness (QED) is 0.695. The summed E-state index contributed by atoms with van der Waals surface area (Å²) in [4.78, 5) is 27.2. The molecule has 1 amide bonds. The minimum atomic E-state index is -2.89. The molecule has 0 unspecified atom stereocenters. The van der Waals surface area contributed by atoms with Gasteiger partial charge in [0.2, 0.25) is 5.01 Å². The number of hydrogen-bond acceptors (Lipinski definition) is 4. The van der Waals surface area contributed by atoms with Gasteiger partial charge in [-0.1, -0.05) is 0 Å². The van der Waals surface area contributed by atoms with Crippen molar-refractivity contribution in [2.45, 2.75) is 25.3 Å². The van der Waals surface area contributed by atoms with Crippen LogP contribution < -0.4 is 18.9 Å². The van der Waals surface area contributed by atoms with Gasteiger partial charge < -0.3 is 11.4 Å². The molecular formula is C10H11F2LiN2O3S. The summed E-state index contributed by atoms with van der Waals surface area (Å²) >= 11 is 0.800. The molecule has 1 atom stereocenters. The normalized spacial score (nSPS) is 21.0. The Labute approximate surface area is 125 Å². The van der Waals surface area contributed by atoms with E-state index in [-0.39, 0.29) is 37.4 Å². The third-order valence-electron chi connectivity index (χ3n) is 2.69. The van der Waals surface area contributed by atoms with Crippen LogP contribution in [0.25, 0.3) is 0 Å². The first-order chi connectivity index (χ1) is 8.30. The summed E-state index contributed by atoms with van der Waals surface area (Å²) in [6, 6.07) is -0.581. The van der Waals surface area contributed by atoms with Gasteiger partial charge in [0.05, 0.1) is 6.54 Å². The SMILES string of the molecule is C[C@H]1CC(F)(F)CN1C(=O)c1csc(C(=O)O)n1.[H-].[Li+]. The fourth-order valence-electron chi connectivity index (χ4n) is 1.90. The number of thiazole rings is 1. The second-order valence-electron chi connectivity index (χ2n) is 4.19. The molecule has 1 fully saturated rings. The topological polar surface area (TPSA) is 70.5 Å². The summed E-state index contributed by atoms with van der Waals surface area (Å²) < 4.78 is 26.3. The van der Waals surface area contributed by atoms with Crippen LogP contribution in [-0.4, -0.2) is 45.4 Å². The molecule has 0 radical (unpaired) electrons. The van der Waals surface area contributed by atoms with E-state index < -0.39 is 30.4 Å². The Morgan fingerprint density at radius 1 is 1.63 bits per heavy atom. The predicted octanol–water partition coefficient (Wildman–Crippen LogP) is -1.17. The number of carbonyl (C=O) groups is 2. The zero-order valence-corrected chi connectivity index (χ0v) is 11.2. The number of amides is 1. The van der Waals surface area contributed by atoms with Crippen molar-refractivity contribution in [1.29, 1.82) is 0 Å². The first-order valence-electron chi connectivity index (χ1n) is 5.18. The largest absolute Gasteiger partial charge is 1.00 e. The smallest absolute Gasteiger partial charge is 1.00 e. The molecular weight excluding hydrogens is 273 g/mol. The minimum Gasteiger partial charge on any atom is -1.00 e. The van der Waals surface area contributed by atoms with Gasteiger partial charge in [-0.3, -0.25) is 4.79 Å². The minimum absolute atomic E-state index is 0. The number of halogens is 2. The van der Waals surface area contributed by atoms with Crippen LogP contribution in [0.1, 0.15) is 35.1 Å². The fourth-order valence-corrected chi connectivity index (χ4v) is 2.53. The van der Waals surface area contributed by atoms with E-state index in [1.54, 1.807) is 0 Å². The third kappa shape index (κ3) is 3.32. The van der Waals surface area contributed by atoms with Crippen LogP contribution in [0.15, 0.2) is 5.38 Å². The summed E-state index contributed by atoms with van der Waals surface area (Å²) in [6.45, 7) is 0.885. The maximum absolute atomic E-state index is 13.1. The molecule has 1 aromatic rings. The average molecular weight is 284 g/mol. The zero-order chi connectivity index (χ0) is 13.5. The van der Waals surface area contributed by atoms with Gasteiger partial charge in [-0.15, -0.1) is 11.3 Å².